The molecule has 7 heteroatoms. The second kappa shape index (κ2) is 8.84. The Morgan fingerprint density at radius 2 is 1.85 bits per heavy atom. The number of nitrogens with one attached hydrogen (secondary N) is 1. The van der Waals surface area contributed by atoms with Gasteiger partial charge in [-0.3, -0.25) is 11.3 Å². The summed E-state index contributed by atoms with van der Waals surface area (Å²) in [7, 11) is 0. The van der Waals surface area contributed by atoms with E-state index in [1.807, 2.05) is 18.0 Å². The Morgan fingerprint density at radius 1 is 1.15 bits per heavy atom. The van der Waals surface area contributed by atoms with Crippen molar-refractivity contribution in [3.8, 4) is 11.5 Å². The van der Waals surface area contributed by atoms with Crippen LogP contribution in [0.5, 0.6) is 11.5 Å². The molecule has 2 aliphatic rings. The average Bonchev–Trinajstić information content (AvgIpc) is 2.69. The molecule has 4 N–H and O–H groups in total. The number of phenols is 1. The van der Waals surface area contributed by atoms with Gasteiger partial charge in [0.05, 0.1) is 26.3 Å². The summed E-state index contributed by atoms with van der Waals surface area (Å²) in [5, 5.41) is 29.6. The zero-order valence-corrected chi connectivity index (χ0v) is 15.4. The molecule has 140 valence electrons. The molecule has 6 nitrogen and oxygen atoms in total. The Bertz CT molecular complexity index is 861. The lowest BCUT2D eigenvalue weighted by atomic mass is 9.83. The van der Waals surface area contributed by atoms with Gasteiger partial charge in [-0.15, -0.1) is 0 Å². The van der Waals surface area contributed by atoms with E-state index in [2.05, 4.69) is 5.32 Å². The quantitative estimate of drug-likeness (QED) is 0.656. The molecule has 0 amide bonds. The van der Waals surface area contributed by atoms with Crippen LogP contribution in [0.3, 0.4) is 0 Å². The number of hydrogen-bond donors (Lipinski definition) is 3. The van der Waals surface area contributed by atoms with E-state index in [0.717, 1.165) is 37.4 Å². The number of ether oxygens (including phenoxy) is 2. The second-order valence-electron chi connectivity index (χ2n) is 6.14. The number of nitrogens with two attached hydrogens (primary N) is 1. The van der Waals surface area contributed by atoms with Crippen molar-refractivity contribution < 1.29 is 19.9 Å². The number of fused-ring (bicyclic) bond motifs is 1. The van der Waals surface area contributed by atoms with Gasteiger partial charge in [-0.25, -0.2) is 0 Å². The first kappa shape index (κ1) is 19.1. The normalized spacial score (nSPS) is 18.5. The molecular formula is C20H20ClN3O3. The summed E-state index contributed by atoms with van der Waals surface area (Å²) < 4.78 is 10.4. The molecule has 1 saturated heterocycles. The smallest absolute Gasteiger partial charge is 0.222 e. The fraction of sp³-hybridized carbons (Fsp3) is 0.250. The van der Waals surface area contributed by atoms with Gasteiger partial charge in [-0.1, -0.05) is 29.8 Å². The highest BCUT2D eigenvalue weighted by Crippen LogP contribution is 2.42. The fourth-order valence-electron chi connectivity index (χ4n) is 3.00. The fourth-order valence-corrected chi connectivity index (χ4v) is 3.12. The first-order chi connectivity index (χ1) is 13.1. The summed E-state index contributed by atoms with van der Waals surface area (Å²) >= 11 is 5.90. The van der Waals surface area contributed by atoms with Gasteiger partial charge >= 0.3 is 0 Å². The molecular weight excluding hydrogens is 366 g/mol. The Labute approximate surface area is 162 Å². The third kappa shape index (κ3) is 4.56. The molecule has 0 spiro atoms. The molecule has 0 aromatic heterocycles. The number of hydrogen-bond acceptors (Lipinski definition) is 4. The van der Waals surface area contributed by atoms with Crippen molar-refractivity contribution in [2.45, 2.75) is 5.92 Å². The van der Waals surface area contributed by atoms with Crippen molar-refractivity contribution in [3.63, 3.8) is 0 Å². The van der Waals surface area contributed by atoms with Crippen LogP contribution in [0.15, 0.2) is 48.0 Å². The number of benzene rings is 2. The number of halogens is 1. The zero-order valence-electron chi connectivity index (χ0n) is 14.6. The summed E-state index contributed by atoms with van der Waals surface area (Å²) in [6.45, 7) is 4.19. The maximum Gasteiger partial charge on any atom is 0.222 e. The van der Waals surface area contributed by atoms with Crippen molar-refractivity contribution in [2.75, 3.05) is 26.3 Å². The third-order valence-corrected chi connectivity index (χ3v) is 4.56. The van der Waals surface area contributed by atoms with Gasteiger partial charge in [0.25, 0.3) is 0 Å². The highest BCUT2D eigenvalue weighted by molar-refractivity contribution is 6.30. The molecule has 2 heterocycles. The van der Waals surface area contributed by atoms with Crippen LogP contribution in [-0.2, 0) is 4.74 Å². The van der Waals surface area contributed by atoms with Crippen molar-refractivity contribution >= 4 is 23.4 Å². The zero-order chi connectivity index (χ0) is 19.2. The maximum atomic E-state index is 9.55. The molecule has 2 aromatic rings. The van der Waals surface area contributed by atoms with Crippen molar-refractivity contribution in [2.24, 2.45) is 0 Å². The van der Waals surface area contributed by atoms with E-state index in [-0.39, 0.29) is 17.2 Å². The van der Waals surface area contributed by atoms with Gasteiger partial charge in [0.2, 0.25) is 5.90 Å². The molecule has 0 bridgehead atoms. The van der Waals surface area contributed by atoms with Gasteiger partial charge in [0.15, 0.2) is 0 Å². The minimum atomic E-state index is -0.399. The van der Waals surface area contributed by atoms with Crippen LogP contribution in [0.2, 0.25) is 5.02 Å². The van der Waals surface area contributed by atoms with Crippen LogP contribution in [0.4, 0.5) is 0 Å². The Balaban J connectivity index is 0.000000299. The number of phenolic OH excluding ortho intramolecular Hbond substituents is 1. The molecule has 1 fully saturated rings. The summed E-state index contributed by atoms with van der Waals surface area (Å²) in [6, 6.07) is 11.8. The first-order valence-electron chi connectivity index (χ1n) is 8.61. The molecule has 0 radical (unpaired) electrons. The number of quaternary nitrogens is 1. The molecule has 2 aromatic carbocycles. The number of nitrogens with zero attached hydrogens (tertiary/aromatic N) is 1. The van der Waals surface area contributed by atoms with E-state index >= 15 is 0 Å². The largest absolute Gasteiger partial charge is 0.763 e. The molecule has 0 saturated carbocycles. The third-order valence-electron chi connectivity index (χ3n) is 4.31. The minimum absolute atomic E-state index is 0.0526. The molecule has 0 aliphatic carbocycles. The second-order valence-corrected chi connectivity index (χ2v) is 6.58. The van der Waals surface area contributed by atoms with E-state index in [9.17, 15) is 10.5 Å². The topological polar surface area (TPSA) is 101 Å². The van der Waals surface area contributed by atoms with Gasteiger partial charge < -0.3 is 25.3 Å². The predicted molar refractivity (Wildman–Crippen MR) is 104 cm³/mol. The Hall–Kier alpha value is -2.63. The molecule has 4 rings (SSSR count). The SMILES string of the molecule is C1COCC[NH2+]1.[N-]=C=C1C(=N)Oc2cc(O)ccc2C1c1ccc(Cl)cc1. The summed E-state index contributed by atoms with van der Waals surface area (Å²) in [4.78, 5) is 0. The van der Waals surface area contributed by atoms with Crippen LogP contribution in [0, 0.1) is 5.41 Å². The number of morpholine rings is 1. The maximum absolute atomic E-state index is 9.55. The monoisotopic (exact) mass is 385 g/mol. The highest BCUT2D eigenvalue weighted by Gasteiger charge is 2.30. The lowest BCUT2D eigenvalue weighted by molar-refractivity contribution is -0.670. The first-order valence-corrected chi connectivity index (χ1v) is 8.99. The molecule has 2 aliphatic heterocycles. The Kier molecular flexibility index (Phi) is 6.27. The summed E-state index contributed by atoms with van der Waals surface area (Å²) in [5.74, 6) is 1.89. The van der Waals surface area contributed by atoms with Crippen LogP contribution in [0.25, 0.3) is 5.41 Å². The van der Waals surface area contributed by atoms with E-state index < -0.39 is 5.92 Å². The summed E-state index contributed by atoms with van der Waals surface area (Å²) in [6.07, 6.45) is 0. The van der Waals surface area contributed by atoms with Crippen LogP contribution in [-0.4, -0.2) is 43.2 Å². The van der Waals surface area contributed by atoms with E-state index in [4.69, 9.17) is 26.5 Å². The number of rotatable bonds is 1. The van der Waals surface area contributed by atoms with Gasteiger partial charge in [-0.05, 0) is 23.8 Å². The predicted octanol–water partition coefficient (Wildman–Crippen LogP) is 2.29. The minimum Gasteiger partial charge on any atom is -0.763 e. The molecule has 1 unspecified atom stereocenters. The van der Waals surface area contributed by atoms with E-state index in [1.54, 1.807) is 18.2 Å². The van der Waals surface area contributed by atoms with Crippen LogP contribution >= 0.6 is 11.6 Å². The van der Waals surface area contributed by atoms with Crippen molar-refractivity contribution in [3.05, 3.63) is 69.6 Å². The van der Waals surface area contributed by atoms with E-state index in [0.29, 0.717) is 10.8 Å². The van der Waals surface area contributed by atoms with Gasteiger partial charge in [-0.2, -0.15) is 0 Å². The Morgan fingerprint density at radius 3 is 2.41 bits per heavy atom. The van der Waals surface area contributed by atoms with Gasteiger partial charge in [0, 0.05) is 28.1 Å². The number of aromatic hydroxyl groups is 1. The molecule has 27 heavy (non-hydrogen) atoms. The van der Waals surface area contributed by atoms with E-state index in [1.165, 1.54) is 12.1 Å². The molecule has 1 atom stereocenters. The van der Waals surface area contributed by atoms with Crippen molar-refractivity contribution in [1.29, 1.82) is 5.41 Å². The van der Waals surface area contributed by atoms with Gasteiger partial charge in [0.1, 0.15) is 11.5 Å². The standard InChI is InChI=1S/C16H10ClN2O2.C4H9NO/c17-10-3-1-9(2-4-10)15-12-6-5-11(20)7-14(12)21-16(19)13(15)8-18;1-3-6-4-2-5-1/h1-7,15,19-20H;5H,1-4H2/q-1;/p+1. The average molecular weight is 386 g/mol. The van der Waals surface area contributed by atoms with Crippen molar-refractivity contribution in [1.82, 2.24) is 0 Å². The van der Waals surface area contributed by atoms with Crippen LogP contribution < -0.4 is 10.1 Å². The highest BCUT2D eigenvalue weighted by atomic mass is 35.5. The lowest BCUT2D eigenvalue weighted by Gasteiger charge is -2.28. The lowest BCUT2D eigenvalue weighted by Crippen LogP contribution is -2.87. The summed E-state index contributed by atoms with van der Waals surface area (Å²) in [5.41, 5.74) is 1.81. The van der Waals surface area contributed by atoms with Crippen LogP contribution in [0.1, 0.15) is 17.0 Å².